The van der Waals surface area contributed by atoms with Crippen LogP contribution in [0.5, 0.6) is 0 Å². The molecule has 0 spiro atoms. The lowest BCUT2D eigenvalue weighted by Gasteiger charge is -2.17. The van der Waals surface area contributed by atoms with Gasteiger partial charge in [0.05, 0.1) is 57.2 Å². The third-order valence-corrected chi connectivity index (χ3v) is 12.9. The second-order valence-electron chi connectivity index (χ2n) is 16.0. The number of fused-ring (bicyclic) bond motifs is 13. The molecule has 6 heteroatoms. The lowest BCUT2D eigenvalue weighted by molar-refractivity contribution is 1.03. The van der Waals surface area contributed by atoms with E-state index in [1.807, 2.05) is 49.1 Å². The normalized spacial score (nSPS) is 12.0. The molecule has 12 rings (SSSR count). The zero-order valence-corrected chi connectivity index (χ0v) is 33.7. The summed E-state index contributed by atoms with van der Waals surface area (Å²) in [5.74, 6) is 0. The molecule has 0 aliphatic carbocycles. The first-order valence-electron chi connectivity index (χ1n) is 20.5. The molecular weight excluding hydrogens is 733 g/mol. The van der Waals surface area contributed by atoms with Crippen LogP contribution < -0.4 is 0 Å². The molecule has 12 aromatic rings. The van der Waals surface area contributed by atoms with Gasteiger partial charge in [-0.25, -0.2) is 0 Å². The molecule has 6 aromatic heterocycles. The van der Waals surface area contributed by atoms with Crippen molar-refractivity contribution >= 4 is 75.9 Å². The number of benzene rings is 6. The van der Waals surface area contributed by atoms with Crippen LogP contribution in [-0.4, -0.2) is 29.1 Å². The smallest absolute Gasteiger partial charge is 0.0719 e. The van der Waals surface area contributed by atoms with E-state index in [0.717, 1.165) is 55.7 Å². The van der Waals surface area contributed by atoms with Crippen LogP contribution in [0.4, 0.5) is 0 Å². The van der Waals surface area contributed by atoms with Gasteiger partial charge < -0.3 is 9.13 Å². The van der Waals surface area contributed by atoms with Crippen molar-refractivity contribution in [1.29, 1.82) is 0 Å². The number of nitrogens with zero attached hydrogens (tertiary/aromatic N) is 6. The minimum Gasteiger partial charge on any atom is -0.311 e. The highest BCUT2D eigenvalue weighted by Crippen LogP contribution is 2.49. The average Bonchev–Trinajstić information content (AvgIpc) is 3.73. The van der Waals surface area contributed by atoms with E-state index in [4.69, 9.17) is 19.9 Å². The monoisotopic (exact) mass is 770 g/mol. The van der Waals surface area contributed by atoms with E-state index in [2.05, 4.69) is 146 Å². The van der Waals surface area contributed by atoms with Gasteiger partial charge in [0.2, 0.25) is 0 Å². The van der Waals surface area contributed by atoms with E-state index in [0.29, 0.717) is 0 Å². The Hall–Kier alpha value is -7.70. The Morgan fingerprint density at radius 3 is 1.18 bits per heavy atom. The Morgan fingerprint density at radius 1 is 0.367 bits per heavy atom. The number of rotatable bonds is 4. The number of aromatic nitrogens is 6. The molecule has 0 atom stereocenters. The first kappa shape index (κ1) is 34.4. The van der Waals surface area contributed by atoms with Crippen LogP contribution in [-0.2, 0) is 0 Å². The van der Waals surface area contributed by atoms with Gasteiger partial charge >= 0.3 is 0 Å². The Bertz CT molecular complexity index is 3490. The Labute approximate surface area is 346 Å². The molecule has 0 unspecified atom stereocenters. The Balaban J connectivity index is 1.09. The predicted molar refractivity (Wildman–Crippen MR) is 249 cm³/mol. The molecule has 0 aliphatic rings. The number of hydrogen-bond donors (Lipinski definition) is 0. The second-order valence-corrected chi connectivity index (χ2v) is 16.0. The minimum absolute atomic E-state index is 0.900. The Morgan fingerprint density at radius 2 is 0.767 bits per heavy atom. The summed E-state index contributed by atoms with van der Waals surface area (Å²) in [6.45, 7) is 9.06. The molecule has 0 N–H and O–H groups in total. The third-order valence-electron chi connectivity index (χ3n) is 12.9. The van der Waals surface area contributed by atoms with Gasteiger partial charge in [-0.15, -0.1) is 0 Å². The van der Waals surface area contributed by atoms with Crippen molar-refractivity contribution in [3.05, 3.63) is 181 Å². The maximum atomic E-state index is 5.04. The van der Waals surface area contributed by atoms with Crippen LogP contribution in [0.1, 0.15) is 22.5 Å². The van der Waals surface area contributed by atoms with Gasteiger partial charge in [-0.3, -0.25) is 19.9 Å². The van der Waals surface area contributed by atoms with Crippen molar-refractivity contribution in [2.75, 3.05) is 0 Å². The fourth-order valence-corrected chi connectivity index (χ4v) is 9.78. The van der Waals surface area contributed by atoms with E-state index < -0.39 is 0 Å². The number of hydrogen-bond acceptors (Lipinski definition) is 4. The lowest BCUT2D eigenvalue weighted by Crippen LogP contribution is -1.99. The number of pyridine rings is 4. The molecule has 0 aliphatic heterocycles. The molecule has 0 saturated carbocycles. The maximum absolute atomic E-state index is 5.04. The largest absolute Gasteiger partial charge is 0.311 e. The van der Waals surface area contributed by atoms with Crippen LogP contribution in [0.15, 0.2) is 158 Å². The average molecular weight is 771 g/mol. The summed E-state index contributed by atoms with van der Waals surface area (Å²) in [5, 5.41) is 12.3. The zero-order chi connectivity index (χ0) is 40.2. The van der Waals surface area contributed by atoms with Crippen LogP contribution in [0, 0.1) is 27.7 Å². The first-order valence-corrected chi connectivity index (χ1v) is 20.5. The van der Waals surface area contributed by atoms with Crippen LogP contribution >= 0.6 is 0 Å². The molecule has 6 aromatic carbocycles. The van der Waals surface area contributed by atoms with Crippen molar-refractivity contribution < 1.29 is 0 Å². The molecule has 0 amide bonds. The first-order chi connectivity index (χ1) is 29.4. The highest BCUT2D eigenvalue weighted by Gasteiger charge is 2.26. The van der Waals surface area contributed by atoms with Gasteiger partial charge in [-0.2, -0.15) is 0 Å². The molecule has 284 valence electrons. The standard InChI is InChI=1S/C54H38N6/c1-31-33(3)59(39-21-23-47(57-29-39)37-25-35-13-5-11-19-45(35)55-27-37)53-43-17-9-8-16-42(43)52-50-32(2)34(4)60(54(50)44-18-10-7-15-41(44)51(52)49(31)53)40-22-24-48(58-30-40)38-26-36-14-6-12-20-46(36)56-28-38/h5-30H,1-4H3. The van der Waals surface area contributed by atoms with Crippen molar-refractivity contribution in [1.82, 2.24) is 29.1 Å². The summed E-state index contributed by atoms with van der Waals surface area (Å²) in [4.78, 5) is 19.5. The van der Waals surface area contributed by atoms with E-state index in [-0.39, 0.29) is 0 Å². The predicted octanol–water partition coefficient (Wildman–Crippen LogP) is 13.5. The van der Waals surface area contributed by atoms with E-state index in [1.165, 1.54) is 76.6 Å². The van der Waals surface area contributed by atoms with Crippen LogP contribution in [0.3, 0.4) is 0 Å². The summed E-state index contributed by atoms with van der Waals surface area (Å²) >= 11 is 0. The maximum Gasteiger partial charge on any atom is 0.0719 e. The topological polar surface area (TPSA) is 61.4 Å². The summed E-state index contributed by atoms with van der Waals surface area (Å²) in [5.41, 5.74) is 15.2. The number of aryl methyl sites for hydroxylation is 2. The molecule has 0 radical (unpaired) electrons. The van der Waals surface area contributed by atoms with E-state index >= 15 is 0 Å². The Kier molecular flexibility index (Phi) is 7.39. The van der Waals surface area contributed by atoms with Gasteiger partial charge in [-0.1, -0.05) is 84.9 Å². The number of para-hydroxylation sites is 2. The van der Waals surface area contributed by atoms with Crippen molar-refractivity contribution in [2.24, 2.45) is 0 Å². The van der Waals surface area contributed by atoms with Gasteiger partial charge in [-0.05, 0) is 98.1 Å². The SMILES string of the molecule is Cc1c(C)n(-c2ccc(-c3cnc4ccccc4c3)nc2)c2c3ccccc3c3c4c(C)c(C)n(-c5ccc(-c6cnc7ccccc7c6)nc5)c4c4ccccc4c3c12. The van der Waals surface area contributed by atoms with Crippen molar-refractivity contribution in [2.45, 2.75) is 27.7 Å². The van der Waals surface area contributed by atoms with Crippen LogP contribution in [0.2, 0.25) is 0 Å². The highest BCUT2D eigenvalue weighted by atomic mass is 15.0. The van der Waals surface area contributed by atoms with Gasteiger partial charge in [0.25, 0.3) is 0 Å². The third kappa shape index (κ3) is 4.88. The fourth-order valence-electron chi connectivity index (χ4n) is 9.78. The van der Waals surface area contributed by atoms with E-state index in [1.54, 1.807) is 0 Å². The summed E-state index contributed by atoms with van der Waals surface area (Å²) in [6, 6.07) is 47.3. The second kappa shape index (κ2) is 12.9. The fraction of sp³-hybridized carbons (Fsp3) is 0.0741. The molecule has 60 heavy (non-hydrogen) atoms. The van der Waals surface area contributed by atoms with Crippen molar-refractivity contribution in [3.8, 4) is 33.9 Å². The quantitative estimate of drug-likeness (QED) is 0.167. The van der Waals surface area contributed by atoms with Gasteiger partial charge in [0, 0.05) is 78.0 Å². The highest BCUT2D eigenvalue weighted by molar-refractivity contribution is 6.40. The zero-order valence-electron chi connectivity index (χ0n) is 33.7. The minimum atomic E-state index is 0.900. The van der Waals surface area contributed by atoms with Crippen LogP contribution in [0.25, 0.3) is 110 Å². The molecular formula is C54H38N6. The van der Waals surface area contributed by atoms with Gasteiger partial charge in [0.15, 0.2) is 0 Å². The van der Waals surface area contributed by atoms with E-state index in [9.17, 15) is 0 Å². The molecule has 0 saturated heterocycles. The molecule has 6 nitrogen and oxygen atoms in total. The molecule has 0 bridgehead atoms. The summed E-state index contributed by atoms with van der Waals surface area (Å²) in [6.07, 6.45) is 7.87. The summed E-state index contributed by atoms with van der Waals surface area (Å²) in [7, 11) is 0. The van der Waals surface area contributed by atoms with Gasteiger partial charge in [0.1, 0.15) is 0 Å². The summed E-state index contributed by atoms with van der Waals surface area (Å²) < 4.78 is 4.84. The lowest BCUT2D eigenvalue weighted by atomic mass is 9.89. The molecule has 0 fully saturated rings. The molecule has 6 heterocycles. The van der Waals surface area contributed by atoms with Crippen molar-refractivity contribution in [3.63, 3.8) is 0 Å².